The number of hydrogen-bond acceptors (Lipinski definition) is 4. The Kier molecular flexibility index (Phi) is 2.01. The lowest BCUT2D eigenvalue weighted by atomic mass is 10.1. The number of ether oxygens (including phenoxy) is 2. The van der Waals surface area contributed by atoms with Crippen molar-refractivity contribution in [3.8, 4) is 0 Å². The molecule has 4 nitrogen and oxygen atoms in total. The molecule has 3 fully saturated rings. The second kappa shape index (κ2) is 3.20. The Morgan fingerprint density at radius 3 is 2.31 bits per heavy atom. The first-order valence-corrected chi connectivity index (χ1v) is 5.10. The van der Waals surface area contributed by atoms with Crippen LogP contribution in [0.2, 0.25) is 0 Å². The Morgan fingerprint density at radius 1 is 1.08 bits per heavy atom. The minimum atomic E-state index is 0.327. The SMILES string of the molecule is C1OCC2CN(C3CNC3)CC1O2. The molecule has 3 heterocycles. The largest absolute Gasteiger partial charge is 0.376 e. The molecule has 0 aromatic rings. The average Bonchev–Trinajstić information content (AvgIpc) is 2.00. The quantitative estimate of drug-likeness (QED) is 0.570. The maximum Gasteiger partial charge on any atom is 0.0940 e. The summed E-state index contributed by atoms with van der Waals surface area (Å²) in [7, 11) is 0. The van der Waals surface area contributed by atoms with Crippen LogP contribution in [-0.2, 0) is 9.47 Å². The molecule has 13 heavy (non-hydrogen) atoms. The van der Waals surface area contributed by atoms with Gasteiger partial charge in [0.1, 0.15) is 0 Å². The van der Waals surface area contributed by atoms with E-state index in [-0.39, 0.29) is 0 Å². The van der Waals surface area contributed by atoms with Crippen molar-refractivity contribution in [2.75, 3.05) is 39.4 Å². The topological polar surface area (TPSA) is 33.7 Å². The van der Waals surface area contributed by atoms with Crippen molar-refractivity contribution in [3.63, 3.8) is 0 Å². The van der Waals surface area contributed by atoms with Crippen LogP contribution < -0.4 is 5.32 Å². The lowest BCUT2D eigenvalue weighted by molar-refractivity contribution is -0.186. The molecule has 0 radical (unpaired) electrons. The van der Waals surface area contributed by atoms with E-state index in [1.54, 1.807) is 0 Å². The predicted octanol–water partition coefficient (Wildman–Crippen LogP) is -0.942. The maximum absolute atomic E-state index is 5.78. The molecule has 3 aliphatic heterocycles. The third-order valence-electron chi connectivity index (χ3n) is 3.14. The van der Waals surface area contributed by atoms with Crippen LogP contribution in [0.5, 0.6) is 0 Å². The highest BCUT2D eigenvalue weighted by atomic mass is 16.6. The van der Waals surface area contributed by atoms with Crippen molar-refractivity contribution < 1.29 is 9.47 Å². The number of fused-ring (bicyclic) bond motifs is 2. The Morgan fingerprint density at radius 2 is 1.77 bits per heavy atom. The number of hydrogen-bond donors (Lipinski definition) is 1. The molecule has 2 unspecified atom stereocenters. The van der Waals surface area contributed by atoms with Crippen molar-refractivity contribution in [1.29, 1.82) is 0 Å². The lowest BCUT2D eigenvalue weighted by Gasteiger charge is -2.47. The van der Waals surface area contributed by atoms with Crippen LogP contribution in [-0.4, -0.2) is 62.5 Å². The second-order valence-electron chi connectivity index (χ2n) is 4.18. The Hall–Kier alpha value is -0.160. The van der Waals surface area contributed by atoms with Gasteiger partial charge in [0.15, 0.2) is 0 Å². The van der Waals surface area contributed by atoms with Crippen molar-refractivity contribution >= 4 is 0 Å². The molecule has 3 rings (SSSR count). The van der Waals surface area contributed by atoms with Gasteiger partial charge in [-0.25, -0.2) is 0 Å². The van der Waals surface area contributed by atoms with Gasteiger partial charge in [-0.1, -0.05) is 0 Å². The Balaban J connectivity index is 1.64. The van der Waals surface area contributed by atoms with Crippen LogP contribution in [0.3, 0.4) is 0 Å². The van der Waals surface area contributed by atoms with E-state index < -0.39 is 0 Å². The summed E-state index contributed by atoms with van der Waals surface area (Å²) in [5.41, 5.74) is 0. The average molecular weight is 184 g/mol. The molecule has 4 heteroatoms. The molecule has 2 bridgehead atoms. The zero-order valence-electron chi connectivity index (χ0n) is 7.74. The summed E-state index contributed by atoms with van der Waals surface area (Å²) in [4.78, 5) is 2.55. The van der Waals surface area contributed by atoms with Gasteiger partial charge in [0.2, 0.25) is 0 Å². The normalized spacial score (nSPS) is 41.5. The molecular weight excluding hydrogens is 168 g/mol. The summed E-state index contributed by atoms with van der Waals surface area (Å²) in [6.07, 6.45) is 0.654. The first kappa shape index (κ1) is 8.17. The van der Waals surface area contributed by atoms with Crippen LogP contribution in [0.4, 0.5) is 0 Å². The van der Waals surface area contributed by atoms with E-state index in [1.165, 1.54) is 0 Å². The first-order chi connectivity index (χ1) is 6.42. The number of nitrogens with one attached hydrogen (secondary N) is 1. The summed E-state index contributed by atoms with van der Waals surface area (Å²) >= 11 is 0. The third-order valence-corrected chi connectivity index (χ3v) is 3.14. The molecule has 3 saturated heterocycles. The van der Waals surface area contributed by atoms with E-state index in [0.29, 0.717) is 12.2 Å². The fraction of sp³-hybridized carbons (Fsp3) is 1.00. The molecule has 2 atom stereocenters. The summed E-state index contributed by atoms with van der Waals surface area (Å²) in [6.45, 7) is 5.99. The van der Waals surface area contributed by atoms with Gasteiger partial charge < -0.3 is 14.8 Å². The third kappa shape index (κ3) is 1.48. The van der Waals surface area contributed by atoms with Crippen LogP contribution in [0, 0.1) is 0 Å². The lowest BCUT2D eigenvalue weighted by Crippen LogP contribution is -2.64. The highest BCUT2D eigenvalue weighted by Crippen LogP contribution is 2.19. The van der Waals surface area contributed by atoms with Crippen LogP contribution in [0.1, 0.15) is 0 Å². The van der Waals surface area contributed by atoms with Crippen molar-refractivity contribution in [2.24, 2.45) is 0 Å². The van der Waals surface area contributed by atoms with Gasteiger partial charge in [0, 0.05) is 32.2 Å². The van der Waals surface area contributed by atoms with Gasteiger partial charge in [-0.2, -0.15) is 0 Å². The molecule has 1 N–H and O–H groups in total. The molecular formula is C9H16N2O2. The fourth-order valence-electron chi connectivity index (χ4n) is 2.30. The summed E-state index contributed by atoms with van der Waals surface area (Å²) in [5.74, 6) is 0. The van der Waals surface area contributed by atoms with E-state index in [2.05, 4.69) is 10.2 Å². The van der Waals surface area contributed by atoms with Gasteiger partial charge in [0.05, 0.1) is 25.4 Å². The van der Waals surface area contributed by atoms with Crippen LogP contribution in [0.15, 0.2) is 0 Å². The van der Waals surface area contributed by atoms with Gasteiger partial charge in [-0.3, -0.25) is 4.90 Å². The molecule has 0 aromatic carbocycles. The van der Waals surface area contributed by atoms with Gasteiger partial charge in [0.25, 0.3) is 0 Å². The Labute approximate surface area is 78.2 Å². The maximum atomic E-state index is 5.78. The monoisotopic (exact) mass is 184 g/mol. The minimum absolute atomic E-state index is 0.327. The van der Waals surface area contributed by atoms with E-state index >= 15 is 0 Å². The molecule has 0 amide bonds. The summed E-state index contributed by atoms with van der Waals surface area (Å²) in [6, 6.07) is 0.756. The molecule has 0 saturated carbocycles. The summed E-state index contributed by atoms with van der Waals surface area (Å²) < 4.78 is 11.2. The van der Waals surface area contributed by atoms with Gasteiger partial charge >= 0.3 is 0 Å². The Bertz CT molecular complexity index is 184. The molecule has 0 aromatic heterocycles. The zero-order chi connectivity index (χ0) is 8.67. The van der Waals surface area contributed by atoms with Gasteiger partial charge in [-0.05, 0) is 0 Å². The molecule has 0 spiro atoms. The van der Waals surface area contributed by atoms with E-state index in [4.69, 9.17) is 9.47 Å². The van der Waals surface area contributed by atoms with Crippen LogP contribution in [0.25, 0.3) is 0 Å². The standard InChI is InChI=1S/C9H16N2O2/c1-7(2-10-1)11-3-8-5-12-6-9(4-11)13-8/h7-10H,1-6H2. The predicted molar refractivity (Wildman–Crippen MR) is 47.7 cm³/mol. The highest BCUT2D eigenvalue weighted by molar-refractivity contribution is 4.90. The number of morpholine rings is 1. The molecule has 3 aliphatic rings. The second-order valence-corrected chi connectivity index (χ2v) is 4.18. The number of rotatable bonds is 1. The fourth-order valence-corrected chi connectivity index (χ4v) is 2.30. The van der Waals surface area contributed by atoms with E-state index in [0.717, 1.165) is 45.4 Å². The smallest absolute Gasteiger partial charge is 0.0940 e. The zero-order valence-corrected chi connectivity index (χ0v) is 7.74. The van der Waals surface area contributed by atoms with E-state index in [9.17, 15) is 0 Å². The van der Waals surface area contributed by atoms with E-state index in [1.807, 2.05) is 0 Å². The van der Waals surface area contributed by atoms with Crippen LogP contribution >= 0.6 is 0 Å². The molecule has 74 valence electrons. The van der Waals surface area contributed by atoms with Crippen molar-refractivity contribution in [2.45, 2.75) is 18.2 Å². The summed E-state index contributed by atoms with van der Waals surface area (Å²) in [5, 5.41) is 3.31. The highest BCUT2D eigenvalue weighted by Gasteiger charge is 2.36. The van der Waals surface area contributed by atoms with Gasteiger partial charge in [-0.15, -0.1) is 0 Å². The minimum Gasteiger partial charge on any atom is -0.376 e. The van der Waals surface area contributed by atoms with Crippen molar-refractivity contribution in [1.82, 2.24) is 10.2 Å². The first-order valence-electron chi connectivity index (χ1n) is 5.10. The van der Waals surface area contributed by atoms with Crippen molar-refractivity contribution in [3.05, 3.63) is 0 Å². The number of nitrogens with zero attached hydrogens (tertiary/aromatic N) is 1. The molecule has 0 aliphatic carbocycles.